The van der Waals surface area contributed by atoms with Crippen LogP contribution in [0.3, 0.4) is 0 Å². The van der Waals surface area contributed by atoms with Crippen LogP contribution in [-0.2, 0) is 4.79 Å². The van der Waals surface area contributed by atoms with Crippen molar-refractivity contribution < 1.29 is 24.9 Å². The fourth-order valence-corrected chi connectivity index (χ4v) is 2.36. The lowest BCUT2D eigenvalue weighted by Crippen LogP contribution is -2.47. The van der Waals surface area contributed by atoms with E-state index in [1.54, 1.807) is 0 Å². The molecule has 2 unspecified atom stereocenters. The van der Waals surface area contributed by atoms with Crippen LogP contribution in [0.5, 0.6) is 0 Å². The van der Waals surface area contributed by atoms with Crippen LogP contribution in [0, 0.1) is 0 Å². The molecule has 0 aromatic rings. The molecule has 2 fully saturated rings. The van der Waals surface area contributed by atoms with E-state index in [0.29, 0.717) is 13.0 Å². The van der Waals surface area contributed by atoms with E-state index in [-0.39, 0.29) is 19.5 Å². The maximum atomic E-state index is 12.0. The van der Waals surface area contributed by atoms with Crippen molar-refractivity contribution in [2.24, 2.45) is 0 Å². The van der Waals surface area contributed by atoms with Crippen molar-refractivity contribution in [1.82, 2.24) is 9.80 Å². The first-order valence-corrected chi connectivity index (χ1v) is 5.63. The second-order valence-electron chi connectivity index (χ2n) is 4.57. The van der Waals surface area contributed by atoms with Crippen LogP contribution in [0.1, 0.15) is 12.8 Å². The highest BCUT2D eigenvalue weighted by molar-refractivity contribution is 5.83. The quantitative estimate of drug-likeness (QED) is 0.532. The van der Waals surface area contributed by atoms with Crippen LogP contribution in [0.4, 0.5) is 4.79 Å². The molecule has 2 amide bonds. The van der Waals surface area contributed by atoms with Gasteiger partial charge in [-0.2, -0.15) is 0 Å². The van der Waals surface area contributed by atoms with Crippen LogP contribution in [0.2, 0.25) is 0 Å². The summed E-state index contributed by atoms with van der Waals surface area (Å²) in [6, 6.07) is -1.37. The number of amides is 2. The summed E-state index contributed by atoms with van der Waals surface area (Å²) in [6.07, 6.45) is -0.737. The molecule has 0 bridgehead atoms. The molecule has 2 aliphatic rings. The van der Waals surface area contributed by atoms with Crippen LogP contribution in [0.15, 0.2) is 0 Å². The zero-order valence-corrected chi connectivity index (χ0v) is 9.32. The minimum absolute atomic E-state index is 0.0440. The number of β-amino-alcohol motifs (C(OH)–C–C–N with tert-alkyl or cyclic N) is 2. The van der Waals surface area contributed by atoms with Crippen molar-refractivity contribution in [3.63, 3.8) is 0 Å². The molecule has 3 N–H and O–H groups in total. The van der Waals surface area contributed by atoms with E-state index >= 15 is 0 Å². The minimum Gasteiger partial charge on any atom is -0.480 e. The van der Waals surface area contributed by atoms with Gasteiger partial charge in [-0.05, 0) is 6.42 Å². The van der Waals surface area contributed by atoms with E-state index in [1.165, 1.54) is 9.80 Å². The Morgan fingerprint density at radius 3 is 2.35 bits per heavy atom. The van der Waals surface area contributed by atoms with Crippen molar-refractivity contribution in [3.8, 4) is 0 Å². The third-order valence-corrected chi connectivity index (χ3v) is 3.24. The molecule has 7 nitrogen and oxygen atoms in total. The summed E-state index contributed by atoms with van der Waals surface area (Å²) < 4.78 is 0. The molecule has 0 radical (unpaired) electrons. The summed E-state index contributed by atoms with van der Waals surface area (Å²) in [7, 11) is 0. The number of nitrogens with zero attached hydrogens (tertiary/aromatic N) is 2. The van der Waals surface area contributed by atoms with Gasteiger partial charge in [-0.25, -0.2) is 9.59 Å². The molecular formula is C10H16N2O5. The Kier molecular flexibility index (Phi) is 3.21. The number of carboxylic acid groups (broad SMARTS) is 1. The first-order valence-electron chi connectivity index (χ1n) is 5.63. The van der Waals surface area contributed by atoms with E-state index in [4.69, 9.17) is 5.11 Å². The predicted octanol–water partition coefficient (Wildman–Crippen LogP) is -1.31. The normalized spacial score (nSPS) is 33.2. The molecule has 17 heavy (non-hydrogen) atoms. The summed E-state index contributed by atoms with van der Waals surface area (Å²) >= 11 is 0. The molecule has 2 aliphatic heterocycles. The predicted molar refractivity (Wildman–Crippen MR) is 56.3 cm³/mol. The smallest absolute Gasteiger partial charge is 0.326 e. The number of urea groups is 1. The van der Waals surface area contributed by atoms with Gasteiger partial charge < -0.3 is 25.1 Å². The number of aliphatic hydroxyl groups excluding tert-OH is 2. The van der Waals surface area contributed by atoms with Crippen LogP contribution in [0.25, 0.3) is 0 Å². The molecule has 0 spiro atoms. The Morgan fingerprint density at radius 1 is 1.12 bits per heavy atom. The Hall–Kier alpha value is -1.34. The molecule has 0 saturated carbocycles. The lowest BCUT2D eigenvalue weighted by molar-refractivity contribution is -0.141. The lowest BCUT2D eigenvalue weighted by atomic mass is 10.2. The lowest BCUT2D eigenvalue weighted by Gasteiger charge is -2.26. The average molecular weight is 244 g/mol. The van der Waals surface area contributed by atoms with Crippen molar-refractivity contribution in [2.45, 2.75) is 31.1 Å². The topological polar surface area (TPSA) is 101 Å². The average Bonchev–Trinajstić information content (AvgIpc) is 2.83. The van der Waals surface area contributed by atoms with E-state index in [2.05, 4.69) is 0 Å². The van der Waals surface area contributed by atoms with E-state index in [0.717, 1.165) is 0 Å². The highest BCUT2D eigenvalue weighted by Crippen LogP contribution is 2.21. The first kappa shape index (κ1) is 12.1. The third-order valence-electron chi connectivity index (χ3n) is 3.24. The molecular weight excluding hydrogens is 228 g/mol. The van der Waals surface area contributed by atoms with Crippen molar-refractivity contribution in [3.05, 3.63) is 0 Å². The molecule has 96 valence electrons. The van der Waals surface area contributed by atoms with Gasteiger partial charge >= 0.3 is 12.0 Å². The van der Waals surface area contributed by atoms with Gasteiger partial charge in [-0.3, -0.25) is 0 Å². The summed E-state index contributed by atoms with van der Waals surface area (Å²) in [5, 5.41) is 27.7. The van der Waals surface area contributed by atoms with Gasteiger partial charge in [0.05, 0.1) is 12.2 Å². The second kappa shape index (κ2) is 4.50. The number of likely N-dealkylation sites (tertiary alicyclic amines) is 2. The molecule has 7 heteroatoms. The zero-order chi connectivity index (χ0) is 12.6. The molecule has 2 heterocycles. The molecule has 0 aliphatic carbocycles. The highest BCUT2D eigenvalue weighted by Gasteiger charge is 2.41. The van der Waals surface area contributed by atoms with Gasteiger partial charge in [-0.15, -0.1) is 0 Å². The number of carbonyl (C=O) groups excluding carboxylic acids is 1. The van der Waals surface area contributed by atoms with Gasteiger partial charge in [0.15, 0.2) is 0 Å². The van der Waals surface area contributed by atoms with Gasteiger partial charge in [-0.1, -0.05) is 0 Å². The van der Waals surface area contributed by atoms with E-state index in [9.17, 15) is 19.8 Å². The molecule has 2 rings (SSSR count). The fraction of sp³-hybridized carbons (Fsp3) is 0.800. The number of carbonyl (C=O) groups is 2. The summed E-state index contributed by atoms with van der Waals surface area (Å²) in [6.45, 7) is 0.707. The maximum Gasteiger partial charge on any atom is 0.326 e. The van der Waals surface area contributed by atoms with Gasteiger partial charge in [0, 0.05) is 26.1 Å². The summed E-state index contributed by atoms with van der Waals surface area (Å²) in [5.74, 6) is -1.10. The number of aliphatic carboxylic acids is 1. The largest absolute Gasteiger partial charge is 0.480 e. The maximum absolute atomic E-state index is 12.0. The first-order chi connectivity index (χ1) is 7.99. The highest BCUT2D eigenvalue weighted by atomic mass is 16.4. The standard InChI is InChI=1S/C10H16N2O5/c13-6-1-2-11(4-6)10(17)12-5-7(14)3-8(12)9(15)16/h6-8,13-14H,1-5H2,(H,15,16)/t6?,7?,8-/m0/s1. The van der Waals surface area contributed by atoms with Gasteiger partial charge in [0.1, 0.15) is 6.04 Å². The number of aliphatic hydroxyl groups is 2. The molecule has 2 saturated heterocycles. The van der Waals surface area contributed by atoms with E-state index in [1.807, 2.05) is 0 Å². The van der Waals surface area contributed by atoms with Crippen molar-refractivity contribution >= 4 is 12.0 Å². The number of rotatable bonds is 1. The molecule has 3 atom stereocenters. The number of hydrogen-bond donors (Lipinski definition) is 3. The second-order valence-corrected chi connectivity index (χ2v) is 4.57. The Labute approximate surface area is 98.2 Å². The Balaban J connectivity index is 2.05. The monoisotopic (exact) mass is 244 g/mol. The van der Waals surface area contributed by atoms with Gasteiger partial charge in [0.25, 0.3) is 0 Å². The fourth-order valence-electron chi connectivity index (χ4n) is 2.36. The van der Waals surface area contributed by atoms with Crippen LogP contribution >= 0.6 is 0 Å². The zero-order valence-electron chi connectivity index (χ0n) is 9.32. The van der Waals surface area contributed by atoms with Crippen molar-refractivity contribution in [2.75, 3.05) is 19.6 Å². The SMILES string of the molecule is O=C(O)[C@@H]1CC(O)CN1C(=O)N1CCC(O)C1. The third kappa shape index (κ3) is 2.34. The minimum atomic E-state index is -1.10. The van der Waals surface area contributed by atoms with Crippen molar-refractivity contribution in [1.29, 1.82) is 0 Å². The molecule has 0 aromatic heterocycles. The van der Waals surface area contributed by atoms with Crippen LogP contribution in [-0.4, -0.2) is 75.0 Å². The summed E-state index contributed by atoms with van der Waals surface area (Å²) in [5.41, 5.74) is 0. The Morgan fingerprint density at radius 2 is 1.82 bits per heavy atom. The van der Waals surface area contributed by atoms with E-state index < -0.39 is 30.3 Å². The number of carboxylic acids is 1. The van der Waals surface area contributed by atoms with Crippen LogP contribution < -0.4 is 0 Å². The summed E-state index contributed by atoms with van der Waals surface area (Å²) in [4.78, 5) is 25.6. The Bertz CT molecular complexity index is 335. The van der Waals surface area contributed by atoms with Gasteiger partial charge in [0.2, 0.25) is 0 Å². The number of hydrogen-bond acceptors (Lipinski definition) is 4. The molecule has 0 aromatic carbocycles.